The number of thiocarbonyl (C=S) groups is 1. The van der Waals surface area contributed by atoms with Crippen LogP contribution in [0.1, 0.15) is 40.5 Å². The van der Waals surface area contributed by atoms with Crippen molar-refractivity contribution in [1.29, 1.82) is 0 Å². The maximum absolute atomic E-state index is 5.77. The van der Waals surface area contributed by atoms with Crippen LogP contribution in [0.15, 0.2) is 53.3 Å². The molecule has 0 amide bonds. The van der Waals surface area contributed by atoms with Gasteiger partial charge in [-0.2, -0.15) is 0 Å². The number of likely N-dealkylation sites (N-methyl/N-ethyl adjacent to an activating group) is 1. The van der Waals surface area contributed by atoms with Crippen LogP contribution in [0.2, 0.25) is 0 Å². The molecule has 1 aliphatic rings. The van der Waals surface area contributed by atoms with Gasteiger partial charge in [-0.3, -0.25) is 4.98 Å². The van der Waals surface area contributed by atoms with Crippen LogP contribution in [0.4, 0.5) is 0 Å². The molecule has 30 heavy (non-hydrogen) atoms. The Kier molecular flexibility index (Phi) is 5.92. The summed E-state index contributed by atoms with van der Waals surface area (Å²) in [5.74, 6) is 0.953. The number of aryl methyl sites for hydroxylation is 1. The lowest BCUT2D eigenvalue weighted by Crippen LogP contribution is -2.35. The second-order valence-electron chi connectivity index (χ2n) is 8.12. The van der Waals surface area contributed by atoms with Crippen LogP contribution in [0.5, 0.6) is 0 Å². The highest BCUT2D eigenvalue weighted by Crippen LogP contribution is 2.40. The van der Waals surface area contributed by atoms with E-state index in [-0.39, 0.29) is 12.1 Å². The molecule has 0 radical (unpaired) electrons. The second-order valence-corrected chi connectivity index (χ2v) is 8.50. The van der Waals surface area contributed by atoms with Gasteiger partial charge in [-0.15, -0.1) is 0 Å². The Morgan fingerprint density at radius 2 is 2.03 bits per heavy atom. The molecule has 158 valence electrons. The maximum Gasteiger partial charge on any atom is 0.170 e. The zero-order valence-electron chi connectivity index (χ0n) is 18.0. The maximum atomic E-state index is 5.77. The van der Waals surface area contributed by atoms with Gasteiger partial charge in [-0.05, 0) is 76.1 Å². The molecule has 1 N–H and O–H groups in total. The van der Waals surface area contributed by atoms with Gasteiger partial charge in [0.15, 0.2) is 5.11 Å². The highest BCUT2D eigenvalue weighted by molar-refractivity contribution is 7.80. The van der Waals surface area contributed by atoms with E-state index in [1.807, 2.05) is 30.5 Å². The Bertz CT molecular complexity index is 996. The van der Waals surface area contributed by atoms with Crippen LogP contribution in [-0.4, -0.2) is 51.6 Å². The minimum absolute atomic E-state index is 0.0124. The Morgan fingerprint density at radius 1 is 1.20 bits per heavy atom. The van der Waals surface area contributed by atoms with Gasteiger partial charge in [-0.25, -0.2) is 0 Å². The fraction of sp³-hybridized carbons (Fsp3) is 0.391. The molecule has 4 rings (SSSR count). The molecule has 0 aliphatic carbocycles. The van der Waals surface area contributed by atoms with Crippen molar-refractivity contribution in [2.45, 2.75) is 32.5 Å². The molecule has 0 unspecified atom stereocenters. The molecule has 0 bridgehead atoms. The van der Waals surface area contributed by atoms with Gasteiger partial charge in [0.25, 0.3) is 0 Å². The molecule has 6 nitrogen and oxygen atoms in total. The van der Waals surface area contributed by atoms with E-state index in [2.05, 4.69) is 64.7 Å². The molecule has 0 aromatic carbocycles. The molecule has 3 aromatic heterocycles. The molecule has 1 saturated heterocycles. The minimum Gasteiger partial charge on any atom is -0.467 e. The van der Waals surface area contributed by atoms with Crippen molar-refractivity contribution in [3.8, 4) is 0 Å². The first kappa shape index (κ1) is 20.6. The number of nitrogens with zero attached hydrogens (tertiary/aromatic N) is 4. The first-order valence-electron chi connectivity index (χ1n) is 10.3. The van der Waals surface area contributed by atoms with Gasteiger partial charge >= 0.3 is 0 Å². The Labute approximate surface area is 183 Å². The second kappa shape index (κ2) is 8.62. The van der Waals surface area contributed by atoms with E-state index < -0.39 is 0 Å². The minimum atomic E-state index is 0.0124. The van der Waals surface area contributed by atoms with E-state index in [1.54, 1.807) is 6.26 Å². The Balaban J connectivity index is 1.74. The lowest BCUT2D eigenvalue weighted by Gasteiger charge is -2.29. The van der Waals surface area contributed by atoms with Crippen LogP contribution in [-0.2, 0) is 6.54 Å². The molecular weight excluding hydrogens is 394 g/mol. The monoisotopic (exact) mass is 423 g/mol. The fourth-order valence-electron chi connectivity index (χ4n) is 4.22. The predicted molar refractivity (Wildman–Crippen MR) is 122 cm³/mol. The van der Waals surface area contributed by atoms with Crippen molar-refractivity contribution in [3.05, 3.63) is 77.3 Å². The largest absolute Gasteiger partial charge is 0.467 e. The number of aromatic nitrogens is 2. The number of hydrogen-bond acceptors (Lipinski definition) is 4. The van der Waals surface area contributed by atoms with E-state index in [1.165, 1.54) is 17.0 Å². The van der Waals surface area contributed by atoms with Crippen molar-refractivity contribution >= 4 is 17.3 Å². The summed E-state index contributed by atoms with van der Waals surface area (Å²) in [5, 5.41) is 4.33. The summed E-state index contributed by atoms with van der Waals surface area (Å²) < 4.78 is 7.91. The third-order valence-electron chi connectivity index (χ3n) is 5.81. The molecule has 2 atom stereocenters. The van der Waals surface area contributed by atoms with Crippen molar-refractivity contribution in [2.75, 3.05) is 27.2 Å². The normalized spacial score (nSPS) is 19.0. The van der Waals surface area contributed by atoms with Gasteiger partial charge in [0.1, 0.15) is 5.76 Å². The first-order chi connectivity index (χ1) is 14.5. The van der Waals surface area contributed by atoms with Gasteiger partial charge in [-0.1, -0.05) is 6.07 Å². The zero-order chi connectivity index (χ0) is 21.3. The Morgan fingerprint density at radius 3 is 2.70 bits per heavy atom. The number of nitrogens with one attached hydrogen (secondary N) is 1. The molecule has 3 aromatic rings. The summed E-state index contributed by atoms with van der Waals surface area (Å²) in [7, 11) is 4.18. The van der Waals surface area contributed by atoms with Crippen molar-refractivity contribution in [2.24, 2.45) is 0 Å². The molecule has 1 aliphatic heterocycles. The fourth-order valence-corrected chi connectivity index (χ4v) is 4.55. The van der Waals surface area contributed by atoms with Gasteiger partial charge in [0.05, 0.1) is 30.6 Å². The summed E-state index contributed by atoms with van der Waals surface area (Å²) >= 11 is 5.77. The summed E-state index contributed by atoms with van der Waals surface area (Å²) in [6.45, 7) is 6.85. The first-order valence-corrected chi connectivity index (χ1v) is 10.7. The van der Waals surface area contributed by atoms with Crippen molar-refractivity contribution < 1.29 is 4.42 Å². The van der Waals surface area contributed by atoms with Gasteiger partial charge in [0.2, 0.25) is 0 Å². The molecule has 0 spiro atoms. The van der Waals surface area contributed by atoms with Crippen LogP contribution >= 0.6 is 12.2 Å². The smallest absolute Gasteiger partial charge is 0.170 e. The topological polar surface area (TPSA) is 49.5 Å². The standard InChI is InChI=1S/C23H29N5OS/c1-16-14-19(17(2)28(16)15-18-8-7-13-29-18)22-21(20-9-5-6-10-24-20)25-23(30)27(22)12-11-26(3)4/h5-10,13-14,21-22H,11-12,15H2,1-4H3,(H,25,30)/t21-,22-/m1/s1. The summed E-state index contributed by atoms with van der Waals surface area (Å²) in [6, 6.07) is 12.4. The summed E-state index contributed by atoms with van der Waals surface area (Å²) in [4.78, 5) is 9.14. The van der Waals surface area contributed by atoms with E-state index in [4.69, 9.17) is 16.6 Å². The quantitative estimate of drug-likeness (QED) is 0.585. The number of rotatable bonds is 7. The van der Waals surface area contributed by atoms with Crippen molar-refractivity contribution in [1.82, 2.24) is 24.7 Å². The molecular formula is C23H29N5OS. The van der Waals surface area contributed by atoms with E-state index in [0.717, 1.165) is 36.2 Å². The third-order valence-corrected chi connectivity index (χ3v) is 6.16. The van der Waals surface area contributed by atoms with Crippen LogP contribution in [0.25, 0.3) is 0 Å². The highest BCUT2D eigenvalue weighted by Gasteiger charge is 2.41. The lowest BCUT2D eigenvalue weighted by atomic mass is 9.97. The van der Waals surface area contributed by atoms with E-state index in [9.17, 15) is 0 Å². The average molecular weight is 424 g/mol. The van der Waals surface area contributed by atoms with Crippen molar-refractivity contribution in [3.63, 3.8) is 0 Å². The SMILES string of the molecule is Cc1cc([C@@H]2[C@@H](c3ccccn3)NC(=S)N2CCN(C)C)c(C)n1Cc1ccco1. The molecule has 7 heteroatoms. The average Bonchev–Trinajstić information content (AvgIpc) is 3.42. The van der Waals surface area contributed by atoms with Gasteiger partial charge in [0, 0.05) is 30.7 Å². The predicted octanol–water partition coefficient (Wildman–Crippen LogP) is 3.68. The molecule has 4 heterocycles. The zero-order valence-corrected chi connectivity index (χ0v) is 18.8. The molecule has 1 fully saturated rings. The number of pyridine rings is 1. The van der Waals surface area contributed by atoms with E-state index in [0.29, 0.717) is 0 Å². The van der Waals surface area contributed by atoms with Crippen LogP contribution in [0, 0.1) is 13.8 Å². The lowest BCUT2D eigenvalue weighted by molar-refractivity contribution is 0.277. The Hall–Kier alpha value is -2.64. The van der Waals surface area contributed by atoms with Crippen LogP contribution < -0.4 is 5.32 Å². The molecule has 0 saturated carbocycles. The summed E-state index contributed by atoms with van der Waals surface area (Å²) in [5.41, 5.74) is 4.73. The van der Waals surface area contributed by atoms with Gasteiger partial charge < -0.3 is 24.1 Å². The highest BCUT2D eigenvalue weighted by atomic mass is 32.1. The number of hydrogen-bond donors (Lipinski definition) is 1. The van der Waals surface area contributed by atoms with E-state index >= 15 is 0 Å². The third kappa shape index (κ3) is 4.00. The summed E-state index contributed by atoms with van der Waals surface area (Å²) in [6.07, 6.45) is 3.57. The van der Waals surface area contributed by atoms with Crippen LogP contribution in [0.3, 0.4) is 0 Å². The number of furan rings is 1.